The molecule has 1 aromatic rings. The summed E-state index contributed by atoms with van der Waals surface area (Å²) in [6.07, 6.45) is -0.266. The highest BCUT2D eigenvalue weighted by molar-refractivity contribution is 5.47. The Labute approximate surface area is 96.0 Å². The molecule has 0 aliphatic heterocycles. The first-order valence-corrected chi connectivity index (χ1v) is 5.03. The number of ether oxygens (including phenoxy) is 2. The van der Waals surface area contributed by atoms with Crippen LogP contribution in [0.4, 0.5) is 0 Å². The maximum Gasteiger partial charge on any atom is 0.166 e. The van der Waals surface area contributed by atoms with Gasteiger partial charge < -0.3 is 14.6 Å². The molecular formula is C13H16O3. The van der Waals surface area contributed by atoms with Gasteiger partial charge in [-0.05, 0) is 13.0 Å². The molecule has 0 amide bonds. The van der Waals surface area contributed by atoms with Gasteiger partial charge in [0.2, 0.25) is 0 Å². The molecule has 86 valence electrons. The number of aliphatic hydroxyl groups is 1. The van der Waals surface area contributed by atoms with Crippen molar-refractivity contribution in [3.63, 3.8) is 0 Å². The van der Waals surface area contributed by atoms with E-state index in [1.54, 1.807) is 27.2 Å². The molecule has 1 aromatic carbocycles. The third kappa shape index (κ3) is 2.68. The number of hydrogen-bond donors (Lipinski definition) is 1. The fourth-order valence-corrected chi connectivity index (χ4v) is 1.48. The van der Waals surface area contributed by atoms with Crippen molar-refractivity contribution in [1.29, 1.82) is 0 Å². The predicted molar refractivity (Wildman–Crippen MR) is 62.6 cm³/mol. The first kappa shape index (κ1) is 12.4. The highest BCUT2D eigenvalue weighted by Crippen LogP contribution is 2.35. The fourth-order valence-electron chi connectivity index (χ4n) is 1.48. The molecule has 0 spiro atoms. The smallest absolute Gasteiger partial charge is 0.166 e. The van der Waals surface area contributed by atoms with Crippen molar-refractivity contribution in [3.05, 3.63) is 23.8 Å². The molecule has 0 saturated heterocycles. The van der Waals surface area contributed by atoms with E-state index < -0.39 is 6.10 Å². The quantitative estimate of drug-likeness (QED) is 0.790. The lowest BCUT2D eigenvalue weighted by Gasteiger charge is -2.15. The van der Waals surface area contributed by atoms with Crippen LogP contribution in [0.1, 0.15) is 25.0 Å². The van der Waals surface area contributed by atoms with Crippen molar-refractivity contribution in [2.24, 2.45) is 0 Å². The maximum absolute atomic E-state index is 9.95. The summed E-state index contributed by atoms with van der Waals surface area (Å²) in [5, 5.41) is 9.95. The molecule has 0 aromatic heterocycles. The number of aliphatic hydroxyl groups excluding tert-OH is 1. The number of rotatable bonds is 4. The van der Waals surface area contributed by atoms with E-state index in [2.05, 4.69) is 11.8 Å². The van der Waals surface area contributed by atoms with Crippen LogP contribution in [-0.4, -0.2) is 19.3 Å². The lowest BCUT2D eigenvalue weighted by atomic mass is 10.1. The molecule has 0 saturated carbocycles. The summed E-state index contributed by atoms with van der Waals surface area (Å²) >= 11 is 0. The van der Waals surface area contributed by atoms with Crippen molar-refractivity contribution in [1.82, 2.24) is 0 Å². The Balaban J connectivity index is 3.05. The average molecular weight is 220 g/mol. The molecule has 0 aliphatic carbocycles. The van der Waals surface area contributed by atoms with E-state index in [0.717, 1.165) is 0 Å². The van der Waals surface area contributed by atoms with Gasteiger partial charge in [0, 0.05) is 12.0 Å². The van der Waals surface area contributed by atoms with Crippen LogP contribution in [0.25, 0.3) is 0 Å². The molecule has 0 aliphatic rings. The Bertz CT molecular complexity index is 401. The van der Waals surface area contributed by atoms with Gasteiger partial charge >= 0.3 is 0 Å². The van der Waals surface area contributed by atoms with Gasteiger partial charge in [0.15, 0.2) is 11.5 Å². The topological polar surface area (TPSA) is 38.7 Å². The lowest BCUT2D eigenvalue weighted by molar-refractivity contribution is 0.178. The normalized spacial score (nSPS) is 11.2. The van der Waals surface area contributed by atoms with E-state index in [-0.39, 0.29) is 0 Å². The first-order chi connectivity index (χ1) is 7.74. The van der Waals surface area contributed by atoms with Gasteiger partial charge in [-0.15, -0.1) is 11.8 Å². The molecule has 3 nitrogen and oxygen atoms in total. The molecule has 0 fully saturated rings. The Morgan fingerprint density at radius 2 is 2.06 bits per heavy atom. The van der Waals surface area contributed by atoms with Gasteiger partial charge in [-0.25, -0.2) is 0 Å². The minimum atomic E-state index is -0.655. The average Bonchev–Trinajstić information content (AvgIpc) is 2.34. The summed E-state index contributed by atoms with van der Waals surface area (Å²) in [6, 6.07) is 5.42. The van der Waals surface area contributed by atoms with Crippen molar-refractivity contribution < 1.29 is 14.6 Å². The van der Waals surface area contributed by atoms with Gasteiger partial charge in [-0.1, -0.05) is 12.1 Å². The molecule has 0 heterocycles. The molecule has 1 atom stereocenters. The largest absolute Gasteiger partial charge is 0.493 e. The number of methoxy groups -OCH3 is 2. The summed E-state index contributed by atoms with van der Waals surface area (Å²) < 4.78 is 10.4. The zero-order chi connectivity index (χ0) is 12.0. The molecule has 3 heteroatoms. The van der Waals surface area contributed by atoms with Gasteiger partial charge in [0.25, 0.3) is 0 Å². The molecule has 0 bridgehead atoms. The molecule has 16 heavy (non-hydrogen) atoms. The second kappa shape index (κ2) is 6.04. The van der Waals surface area contributed by atoms with Crippen LogP contribution in [-0.2, 0) is 0 Å². The van der Waals surface area contributed by atoms with E-state index >= 15 is 0 Å². The third-order valence-electron chi connectivity index (χ3n) is 2.26. The maximum atomic E-state index is 9.95. The summed E-state index contributed by atoms with van der Waals surface area (Å²) in [6.45, 7) is 1.75. The monoisotopic (exact) mass is 220 g/mol. The predicted octanol–water partition coefficient (Wildman–Crippen LogP) is 2.15. The first-order valence-electron chi connectivity index (χ1n) is 5.03. The van der Waals surface area contributed by atoms with Crippen molar-refractivity contribution in [2.45, 2.75) is 19.4 Å². The minimum Gasteiger partial charge on any atom is -0.493 e. The highest BCUT2D eigenvalue weighted by Gasteiger charge is 2.15. The Morgan fingerprint density at radius 3 is 2.62 bits per heavy atom. The van der Waals surface area contributed by atoms with Crippen molar-refractivity contribution in [3.8, 4) is 23.3 Å². The van der Waals surface area contributed by atoms with Crippen LogP contribution < -0.4 is 9.47 Å². The zero-order valence-corrected chi connectivity index (χ0v) is 9.78. The van der Waals surface area contributed by atoms with Crippen LogP contribution in [0.15, 0.2) is 18.2 Å². The van der Waals surface area contributed by atoms with Gasteiger partial charge in [-0.3, -0.25) is 0 Å². The molecule has 1 N–H and O–H groups in total. The second-order valence-electron chi connectivity index (χ2n) is 3.23. The number of benzene rings is 1. The Morgan fingerprint density at radius 1 is 1.31 bits per heavy atom. The zero-order valence-electron chi connectivity index (χ0n) is 9.78. The standard InChI is InChI=1S/C13H16O3/c1-4-5-8-11(14)10-7-6-9-12(15-2)13(10)16-3/h6-7,9,11,14H,8H2,1-3H3. The van der Waals surface area contributed by atoms with Crippen LogP contribution in [0.5, 0.6) is 11.5 Å². The SMILES string of the molecule is CC#CCC(O)c1cccc(OC)c1OC. The Kier molecular flexibility index (Phi) is 4.68. The van der Waals surface area contributed by atoms with Crippen LogP contribution in [0, 0.1) is 11.8 Å². The fraction of sp³-hybridized carbons (Fsp3) is 0.385. The van der Waals surface area contributed by atoms with Crippen LogP contribution in [0.2, 0.25) is 0 Å². The van der Waals surface area contributed by atoms with Crippen LogP contribution >= 0.6 is 0 Å². The van der Waals surface area contributed by atoms with Gasteiger partial charge in [0.05, 0.1) is 20.3 Å². The third-order valence-corrected chi connectivity index (χ3v) is 2.26. The van der Waals surface area contributed by atoms with E-state index in [4.69, 9.17) is 9.47 Å². The van der Waals surface area contributed by atoms with E-state index in [1.165, 1.54) is 0 Å². The van der Waals surface area contributed by atoms with Crippen molar-refractivity contribution in [2.75, 3.05) is 14.2 Å². The molecular weight excluding hydrogens is 204 g/mol. The summed E-state index contributed by atoms with van der Waals surface area (Å²) in [4.78, 5) is 0. The van der Waals surface area contributed by atoms with Gasteiger partial charge in [0.1, 0.15) is 0 Å². The minimum absolute atomic E-state index is 0.389. The van der Waals surface area contributed by atoms with Gasteiger partial charge in [-0.2, -0.15) is 0 Å². The lowest BCUT2D eigenvalue weighted by Crippen LogP contribution is -2.01. The Hall–Kier alpha value is -1.66. The molecule has 1 rings (SSSR count). The second-order valence-corrected chi connectivity index (χ2v) is 3.23. The highest BCUT2D eigenvalue weighted by atomic mass is 16.5. The van der Waals surface area contributed by atoms with Crippen LogP contribution in [0.3, 0.4) is 0 Å². The van der Waals surface area contributed by atoms with Crippen molar-refractivity contribution >= 4 is 0 Å². The summed E-state index contributed by atoms with van der Waals surface area (Å²) in [7, 11) is 3.12. The molecule has 1 unspecified atom stereocenters. The van der Waals surface area contributed by atoms with E-state index in [1.807, 2.05) is 12.1 Å². The molecule has 0 radical (unpaired) electrons. The number of para-hydroxylation sites is 1. The van der Waals surface area contributed by atoms with E-state index in [9.17, 15) is 5.11 Å². The summed E-state index contributed by atoms with van der Waals surface area (Å²) in [5.41, 5.74) is 0.699. The number of hydrogen-bond acceptors (Lipinski definition) is 3. The summed E-state index contributed by atoms with van der Waals surface area (Å²) in [5.74, 6) is 6.77. The van der Waals surface area contributed by atoms with E-state index in [0.29, 0.717) is 23.5 Å².